The summed E-state index contributed by atoms with van der Waals surface area (Å²) in [7, 11) is 0.406. The number of nitro benzene ring substituents is 1. The Morgan fingerprint density at radius 1 is 1.16 bits per heavy atom. The predicted octanol–water partition coefficient (Wildman–Crippen LogP) is 6.08. The van der Waals surface area contributed by atoms with E-state index in [0.717, 1.165) is 37.7 Å². The molecule has 2 aliphatic rings. The van der Waals surface area contributed by atoms with Gasteiger partial charge >= 0.3 is 5.97 Å². The monoisotopic (exact) mass is 541 g/mol. The second-order valence-electron chi connectivity index (χ2n) is 8.72. The van der Waals surface area contributed by atoms with Crippen molar-refractivity contribution in [3.63, 3.8) is 0 Å². The zero-order chi connectivity index (χ0) is 26.2. The standard InChI is InChI=1S/C25H25FN5O4PS/c1-29-23(17-9-11-18(26)12-10-17)27-24-21(16-22(37-24)25(32)35-2)36(29,30-13-4-3-5-14-30)28-19-7-6-8-20(15-19)31(33)34/h6-12,15-16H,3-5,13-14H2,1-2H3. The van der Waals surface area contributed by atoms with Crippen LogP contribution in [-0.2, 0) is 4.74 Å². The first-order valence-electron chi connectivity index (χ1n) is 11.8. The van der Waals surface area contributed by atoms with Crippen molar-refractivity contribution >= 4 is 52.2 Å². The lowest BCUT2D eigenvalue weighted by atomic mass is 10.2. The number of hydrogen-bond donors (Lipinski definition) is 0. The first-order chi connectivity index (χ1) is 17.8. The summed E-state index contributed by atoms with van der Waals surface area (Å²) < 4.78 is 28.4. The molecule has 0 spiro atoms. The largest absolute Gasteiger partial charge is 0.465 e. The summed E-state index contributed by atoms with van der Waals surface area (Å²) in [5, 5.41) is 13.0. The van der Waals surface area contributed by atoms with E-state index in [2.05, 4.69) is 4.67 Å². The summed E-state index contributed by atoms with van der Waals surface area (Å²) >= 11 is 1.23. The van der Waals surface area contributed by atoms with Gasteiger partial charge in [-0.3, -0.25) is 10.1 Å². The lowest BCUT2D eigenvalue weighted by Crippen LogP contribution is -2.42. The van der Waals surface area contributed by atoms with Crippen molar-refractivity contribution in [2.75, 3.05) is 27.2 Å². The van der Waals surface area contributed by atoms with Crippen molar-refractivity contribution < 1.29 is 18.8 Å². The predicted molar refractivity (Wildman–Crippen MR) is 143 cm³/mol. The maximum atomic E-state index is 13.8. The number of piperidine rings is 1. The molecule has 3 heterocycles. The van der Waals surface area contributed by atoms with Crippen LogP contribution < -0.4 is 5.30 Å². The SMILES string of the molecule is COC(=O)c1cc2c(s1)N=C(c1ccc(F)cc1)N(C)P2(=Nc1cccc([N+](=O)[O-])c1)N1CCCCC1. The van der Waals surface area contributed by atoms with E-state index >= 15 is 0 Å². The minimum atomic E-state index is -2.83. The average molecular weight is 542 g/mol. The number of fused-ring (bicyclic) bond motifs is 1. The van der Waals surface area contributed by atoms with E-state index in [4.69, 9.17) is 14.5 Å². The molecule has 0 saturated carbocycles. The van der Waals surface area contributed by atoms with Crippen LogP contribution in [0.3, 0.4) is 0 Å². The quantitative estimate of drug-likeness (QED) is 0.168. The fourth-order valence-electron chi connectivity index (χ4n) is 4.69. The van der Waals surface area contributed by atoms with Gasteiger partial charge in [0, 0.05) is 37.8 Å². The molecule has 0 radical (unpaired) electrons. The van der Waals surface area contributed by atoms with Crippen LogP contribution in [-0.4, -0.2) is 53.3 Å². The Labute approximate surface area is 217 Å². The molecule has 9 nitrogen and oxygen atoms in total. The number of aliphatic imine (C=N–C) groups is 1. The Balaban J connectivity index is 1.82. The third kappa shape index (κ3) is 4.58. The number of ether oxygens (including phenoxy) is 1. The Bertz CT molecular complexity index is 1450. The van der Waals surface area contributed by atoms with Crippen LogP contribution in [0.25, 0.3) is 0 Å². The molecule has 12 heteroatoms. The molecule has 192 valence electrons. The fourth-order valence-corrected chi connectivity index (χ4v) is 9.83. The zero-order valence-electron chi connectivity index (χ0n) is 20.3. The molecular weight excluding hydrogens is 516 g/mol. The van der Waals surface area contributed by atoms with Crippen molar-refractivity contribution in [3.8, 4) is 0 Å². The minimum absolute atomic E-state index is 0.0501. The molecule has 1 fully saturated rings. The molecule has 0 bridgehead atoms. The Morgan fingerprint density at radius 3 is 2.57 bits per heavy atom. The van der Waals surface area contributed by atoms with Crippen molar-refractivity contribution in [2.24, 2.45) is 9.74 Å². The second-order valence-corrected chi connectivity index (χ2v) is 12.7. The van der Waals surface area contributed by atoms with Crippen molar-refractivity contribution in [2.45, 2.75) is 19.3 Å². The highest BCUT2D eigenvalue weighted by atomic mass is 32.1. The molecule has 3 aromatic rings. The van der Waals surface area contributed by atoms with Crippen LogP contribution in [0.4, 0.5) is 20.8 Å². The summed E-state index contributed by atoms with van der Waals surface area (Å²) in [6, 6.07) is 14.2. The summed E-state index contributed by atoms with van der Waals surface area (Å²) in [6.07, 6.45) is 3.05. The molecule has 1 saturated heterocycles. The Kier molecular flexibility index (Phi) is 6.94. The van der Waals surface area contributed by atoms with Gasteiger partial charge in [-0.1, -0.05) is 12.5 Å². The summed E-state index contributed by atoms with van der Waals surface area (Å²) in [5.74, 6) is -0.225. The van der Waals surface area contributed by atoms with Gasteiger partial charge in [0.1, 0.15) is 21.5 Å². The highest BCUT2D eigenvalue weighted by Gasteiger charge is 2.43. The third-order valence-electron chi connectivity index (χ3n) is 6.46. The molecule has 2 aromatic carbocycles. The van der Waals surface area contributed by atoms with Crippen LogP contribution in [0.2, 0.25) is 0 Å². The number of non-ortho nitro benzene ring substituents is 1. The van der Waals surface area contributed by atoms with Crippen LogP contribution in [0.5, 0.6) is 0 Å². The van der Waals surface area contributed by atoms with Crippen LogP contribution in [0.1, 0.15) is 34.5 Å². The van der Waals surface area contributed by atoms with Crippen LogP contribution >= 0.6 is 18.7 Å². The third-order valence-corrected chi connectivity index (χ3v) is 11.3. The molecule has 0 aliphatic carbocycles. The molecule has 1 atom stereocenters. The first kappa shape index (κ1) is 25.3. The highest BCUT2D eigenvalue weighted by molar-refractivity contribution is 7.71. The summed E-state index contributed by atoms with van der Waals surface area (Å²) in [5.41, 5.74) is 1.13. The molecule has 37 heavy (non-hydrogen) atoms. The van der Waals surface area contributed by atoms with E-state index in [1.165, 1.54) is 42.7 Å². The van der Waals surface area contributed by atoms with Gasteiger partial charge in [0.2, 0.25) is 0 Å². The number of nitro groups is 1. The summed E-state index contributed by atoms with van der Waals surface area (Å²) in [4.78, 5) is 28.9. The number of esters is 1. The molecule has 0 amide bonds. The molecule has 1 unspecified atom stereocenters. The number of hydrogen-bond acceptors (Lipinski definition) is 7. The lowest BCUT2D eigenvalue weighted by molar-refractivity contribution is -0.384. The molecule has 2 aliphatic heterocycles. The molecular formula is C25H25FN5O4PS. The number of nitrogens with zero attached hydrogens (tertiary/aromatic N) is 5. The minimum Gasteiger partial charge on any atom is -0.465 e. The van der Waals surface area contributed by atoms with Gasteiger partial charge in [0.25, 0.3) is 5.69 Å². The average Bonchev–Trinajstić information content (AvgIpc) is 3.35. The smallest absolute Gasteiger partial charge is 0.348 e. The van der Waals surface area contributed by atoms with Crippen molar-refractivity contribution in [1.82, 2.24) is 9.34 Å². The number of thiophene rings is 1. The van der Waals surface area contributed by atoms with Gasteiger partial charge < -0.3 is 9.41 Å². The number of methoxy groups -OCH3 is 1. The van der Waals surface area contributed by atoms with Gasteiger partial charge in [0.05, 0.1) is 23.0 Å². The van der Waals surface area contributed by atoms with Crippen molar-refractivity contribution in [3.05, 3.63) is 81.0 Å². The number of rotatable bonds is 5. The lowest BCUT2D eigenvalue weighted by Gasteiger charge is -2.46. The van der Waals surface area contributed by atoms with E-state index in [0.29, 0.717) is 27.0 Å². The van der Waals surface area contributed by atoms with E-state index in [-0.39, 0.29) is 11.5 Å². The number of amidine groups is 1. The zero-order valence-corrected chi connectivity index (χ0v) is 22.0. The number of benzene rings is 2. The maximum Gasteiger partial charge on any atom is 0.348 e. The number of carbonyl (C=O) groups is 1. The van der Waals surface area contributed by atoms with Gasteiger partial charge in [-0.05, 0) is 49.2 Å². The Hall–Kier alpha value is -3.40. The highest BCUT2D eigenvalue weighted by Crippen LogP contribution is 2.62. The van der Waals surface area contributed by atoms with Gasteiger partial charge in [-0.15, -0.1) is 11.3 Å². The van der Waals surface area contributed by atoms with E-state index in [1.54, 1.807) is 30.3 Å². The Morgan fingerprint density at radius 2 is 1.89 bits per heavy atom. The van der Waals surface area contributed by atoms with Gasteiger partial charge in [0.15, 0.2) is 7.36 Å². The van der Waals surface area contributed by atoms with E-state index in [9.17, 15) is 19.3 Å². The topological polar surface area (TPSA) is 101 Å². The van der Waals surface area contributed by atoms with Crippen molar-refractivity contribution in [1.29, 1.82) is 0 Å². The van der Waals surface area contributed by atoms with Gasteiger partial charge in [-0.2, -0.15) is 0 Å². The maximum absolute atomic E-state index is 13.8. The molecule has 5 rings (SSSR count). The molecule has 1 aromatic heterocycles. The van der Waals surface area contributed by atoms with E-state index in [1.807, 2.05) is 11.7 Å². The fraction of sp³-hybridized carbons (Fsp3) is 0.280. The number of carbonyl (C=O) groups excluding carboxylic acids is 1. The molecule has 0 N–H and O–H groups in total. The first-order valence-corrected chi connectivity index (χ1v) is 14.2. The number of halogens is 1. The van der Waals surface area contributed by atoms with E-state index < -0.39 is 18.2 Å². The van der Waals surface area contributed by atoms with Crippen LogP contribution in [0, 0.1) is 15.9 Å². The van der Waals surface area contributed by atoms with Gasteiger partial charge in [-0.25, -0.2) is 23.6 Å². The summed E-state index contributed by atoms with van der Waals surface area (Å²) in [6.45, 7) is 1.55. The van der Waals surface area contributed by atoms with Crippen LogP contribution in [0.15, 0.2) is 64.3 Å². The second kappa shape index (κ2) is 10.2. The normalized spacial score (nSPS) is 19.6.